The van der Waals surface area contributed by atoms with Crippen molar-refractivity contribution in [3.63, 3.8) is 0 Å². The number of rotatable bonds is 5. The van der Waals surface area contributed by atoms with E-state index in [9.17, 15) is 23.1 Å². The maximum Gasteiger partial charge on any atom is 0.420 e. The standard InChI is InChI=1S/C17H15F3O3/c1-16(22,17(18,19)20)11-23-14-10-6-5-9-13(14)15(21)12-7-3-2-4-8-12/h2-10,22H,11H2,1H3. The predicted octanol–water partition coefficient (Wildman–Crippen LogP) is 3.61. The third kappa shape index (κ3) is 3.90. The van der Waals surface area contributed by atoms with E-state index in [1.165, 1.54) is 12.1 Å². The van der Waals surface area contributed by atoms with Gasteiger partial charge in [0.2, 0.25) is 0 Å². The Hall–Kier alpha value is -2.34. The van der Waals surface area contributed by atoms with Gasteiger partial charge in [0, 0.05) is 5.56 Å². The summed E-state index contributed by atoms with van der Waals surface area (Å²) in [7, 11) is 0. The lowest BCUT2D eigenvalue weighted by Crippen LogP contribution is -2.47. The van der Waals surface area contributed by atoms with Crippen LogP contribution in [-0.4, -0.2) is 29.3 Å². The first-order valence-corrected chi connectivity index (χ1v) is 6.83. The van der Waals surface area contributed by atoms with Crippen LogP contribution in [0.5, 0.6) is 5.75 Å². The van der Waals surface area contributed by atoms with Gasteiger partial charge < -0.3 is 9.84 Å². The van der Waals surface area contributed by atoms with Gasteiger partial charge in [-0.1, -0.05) is 42.5 Å². The number of hydrogen-bond acceptors (Lipinski definition) is 3. The zero-order chi connectivity index (χ0) is 17.1. The van der Waals surface area contributed by atoms with E-state index in [0.717, 1.165) is 0 Å². The molecule has 1 atom stereocenters. The van der Waals surface area contributed by atoms with E-state index >= 15 is 0 Å². The van der Waals surface area contributed by atoms with Crippen LogP contribution < -0.4 is 4.74 Å². The lowest BCUT2D eigenvalue weighted by molar-refractivity contribution is -0.260. The molecule has 23 heavy (non-hydrogen) atoms. The summed E-state index contributed by atoms with van der Waals surface area (Å²) in [5.74, 6) is -0.376. The van der Waals surface area contributed by atoms with Crippen LogP contribution >= 0.6 is 0 Å². The van der Waals surface area contributed by atoms with E-state index in [0.29, 0.717) is 12.5 Å². The molecule has 0 amide bonds. The molecule has 0 fully saturated rings. The van der Waals surface area contributed by atoms with E-state index in [1.54, 1.807) is 42.5 Å². The molecule has 0 aromatic heterocycles. The van der Waals surface area contributed by atoms with Crippen LogP contribution in [-0.2, 0) is 0 Å². The number of halogens is 3. The Kier molecular flexibility index (Phi) is 4.75. The summed E-state index contributed by atoms with van der Waals surface area (Å²) in [6.07, 6.45) is -4.83. The molecule has 0 spiro atoms. The Labute approximate surface area is 131 Å². The summed E-state index contributed by atoms with van der Waals surface area (Å²) in [6.45, 7) is -0.385. The van der Waals surface area contributed by atoms with Crippen LogP contribution in [0.25, 0.3) is 0 Å². The zero-order valence-electron chi connectivity index (χ0n) is 12.3. The molecule has 0 aliphatic carbocycles. The molecule has 0 radical (unpaired) electrons. The van der Waals surface area contributed by atoms with Gasteiger partial charge in [0.05, 0.1) is 5.56 Å². The summed E-state index contributed by atoms with van der Waals surface area (Å²) in [6, 6.07) is 14.3. The number of carbonyl (C=O) groups excluding carboxylic acids is 1. The second-order valence-electron chi connectivity index (χ2n) is 5.25. The fourth-order valence-corrected chi connectivity index (χ4v) is 1.83. The quantitative estimate of drug-likeness (QED) is 0.855. The smallest absolute Gasteiger partial charge is 0.420 e. The van der Waals surface area contributed by atoms with Crippen molar-refractivity contribution in [3.05, 3.63) is 65.7 Å². The van der Waals surface area contributed by atoms with Crippen LogP contribution in [0.1, 0.15) is 22.8 Å². The molecule has 0 bridgehead atoms. The molecule has 2 rings (SSSR count). The molecule has 1 N–H and O–H groups in total. The molecule has 6 heteroatoms. The maximum atomic E-state index is 12.7. The van der Waals surface area contributed by atoms with Crippen LogP contribution in [0, 0.1) is 0 Å². The third-order valence-corrected chi connectivity index (χ3v) is 3.29. The second-order valence-corrected chi connectivity index (χ2v) is 5.25. The molecule has 2 aromatic rings. The maximum absolute atomic E-state index is 12.7. The van der Waals surface area contributed by atoms with Crippen LogP contribution in [0.3, 0.4) is 0 Å². The van der Waals surface area contributed by atoms with Gasteiger partial charge in [-0.2, -0.15) is 13.2 Å². The van der Waals surface area contributed by atoms with Gasteiger partial charge in [0.1, 0.15) is 12.4 Å². The first kappa shape index (κ1) is 17.0. The lowest BCUT2D eigenvalue weighted by atomic mass is 10.0. The number of ketones is 1. The molecule has 3 nitrogen and oxygen atoms in total. The number of para-hydroxylation sites is 1. The van der Waals surface area contributed by atoms with Crippen molar-refractivity contribution in [1.29, 1.82) is 0 Å². The van der Waals surface area contributed by atoms with Crippen molar-refractivity contribution in [2.45, 2.75) is 18.7 Å². The molecule has 0 heterocycles. The minimum Gasteiger partial charge on any atom is -0.489 e. The van der Waals surface area contributed by atoms with Crippen LogP contribution in [0.4, 0.5) is 13.2 Å². The topological polar surface area (TPSA) is 46.5 Å². The number of carbonyl (C=O) groups is 1. The summed E-state index contributed by atoms with van der Waals surface area (Å²) in [5, 5.41) is 9.42. The average Bonchev–Trinajstić information content (AvgIpc) is 2.52. The minimum absolute atomic E-state index is 0.00845. The Morgan fingerprint density at radius 2 is 1.61 bits per heavy atom. The summed E-state index contributed by atoms with van der Waals surface area (Å²) < 4.78 is 43.1. The Morgan fingerprint density at radius 3 is 2.22 bits per heavy atom. The van der Waals surface area contributed by atoms with E-state index < -0.39 is 18.4 Å². The molecule has 1 unspecified atom stereocenters. The first-order valence-electron chi connectivity index (χ1n) is 6.83. The fourth-order valence-electron chi connectivity index (χ4n) is 1.83. The molecule has 0 saturated heterocycles. The summed E-state index contributed by atoms with van der Waals surface area (Å²) >= 11 is 0. The number of ether oxygens (including phenoxy) is 1. The van der Waals surface area contributed by atoms with E-state index in [1.807, 2.05) is 0 Å². The average molecular weight is 324 g/mol. The van der Waals surface area contributed by atoms with Gasteiger partial charge in [-0.25, -0.2) is 0 Å². The van der Waals surface area contributed by atoms with Gasteiger partial charge in [0.15, 0.2) is 11.4 Å². The predicted molar refractivity (Wildman–Crippen MR) is 78.5 cm³/mol. The van der Waals surface area contributed by atoms with Crippen LogP contribution in [0.15, 0.2) is 54.6 Å². The lowest BCUT2D eigenvalue weighted by Gasteiger charge is -2.26. The largest absolute Gasteiger partial charge is 0.489 e. The van der Waals surface area contributed by atoms with Crippen molar-refractivity contribution in [1.82, 2.24) is 0 Å². The van der Waals surface area contributed by atoms with Gasteiger partial charge in [-0.3, -0.25) is 4.79 Å². The Bertz CT molecular complexity index is 679. The normalized spacial score (nSPS) is 14.1. The number of benzene rings is 2. The van der Waals surface area contributed by atoms with Gasteiger partial charge in [-0.15, -0.1) is 0 Å². The van der Waals surface area contributed by atoms with Crippen molar-refractivity contribution < 1.29 is 27.8 Å². The molecule has 0 aliphatic heterocycles. The van der Waals surface area contributed by atoms with Gasteiger partial charge in [-0.05, 0) is 19.1 Å². The zero-order valence-corrected chi connectivity index (χ0v) is 12.3. The number of alkyl halides is 3. The minimum atomic E-state index is -4.83. The summed E-state index contributed by atoms with van der Waals surface area (Å²) in [5.41, 5.74) is -2.47. The third-order valence-electron chi connectivity index (χ3n) is 3.29. The van der Waals surface area contributed by atoms with E-state index in [2.05, 4.69) is 0 Å². The monoisotopic (exact) mass is 324 g/mol. The Balaban J connectivity index is 2.24. The van der Waals surface area contributed by atoms with Crippen molar-refractivity contribution in [3.8, 4) is 5.75 Å². The van der Waals surface area contributed by atoms with E-state index in [4.69, 9.17) is 4.74 Å². The fraction of sp³-hybridized carbons (Fsp3) is 0.235. The summed E-state index contributed by atoms with van der Waals surface area (Å²) in [4.78, 5) is 12.4. The van der Waals surface area contributed by atoms with Crippen LogP contribution in [0.2, 0.25) is 0 Å². The SMILES string of the molecule is CC(O)(COc1ccccc1C(=O)c1ccccc1)C(F)(F)F. The van der Waals surface area contributed by atoms with Gasteiger partial charge in [0.25, 0.3) is 0 Å². The highest BCUT2D eigenvalue weighted by Crippen LogP contribution is 2.31. The van der Waals surface area contributed by atoms with Crippen molar-refractivity contribution in [2.75, 3.05) is 6.61 Å². The second kappa shape index (κ2) is 6.42. The van der Waals surface area contributed by atoms with E-state index in [-0.39, 0.29) is 17.1 Å². The van der Waals surface area contributed by atoms with Gasteiger partial charge >= 0.3 is 6.18 Å². The van der Waals surface area contributed by atoms with Crippen molar-refractivity contribution >= 4 is 5.78 Å². The molecule has 0 saturated carbocycles. The molecule has 0 aliphatic rings. The molecular formula is C17H15F3O3. The molecule has 122 valence electrons. The molecule has 2 aromatic carbocycles. The molecular weight excluding hydrogens is 309 g/mol. The number of hydrogen-bond donors (Lipinski definition) is 1. The first-order chi connectivity index (χ1) is 10.7. The number of aliphatic hydroxyl groups is 1. The highest BCUT2D eigenvalue weighted by Gasteiger charge is 2.50. The Morgan fingerprint density at radius 1 is 1.04 bits per heavy atom. The highest BCUT2D eigenvalue weighted by atomic mass is 19.4. The van der Waals surface area contributed by atoms with Crippen molar-refractivity contribution in [2.24, 2.45) is 0 Å². The highest BCUT2D eigenvalue weighted by molar-refractivity contribution is 6.10.